The van der Waals surface area contributed by atoms with Gasteiger partial charge in [-0.2, -0.15) is 5.10 Å². The minimum Gasteiger partial charge on any atom is -0.457 e. The average molecular weight is 428 g/mol. The molecule has 2 aromatic heterocycles. The van der Waals surface area contributed by atoms with Gasteiger partial charge < -0.3 is 15.4 Å². The normalized spacial score (nSPS) is 13.7. The Labute approximate surface area is 186 Å². The number of ether oxygens (including phenoxy) is 1. The molecule has 0 spiro atoms. The molecular weight excluding hydrogens is 402 g/mol. The van der Waals surface area contributed by atoms with Crippen molar-refractivity contribution in [2.24, 2.45) is 7.05 Å². The number of pyridine rings is 1. The van der Waals surface area contributed by atoms with Gasteiger partial charge in [0.2, 0.25) is 0 Å². The topological polar surface area (TPSA) is 81.1 Å². The van der Waals surface area contributed by atoms with Crippen LogP contribution in [-0.2, 0) is 13.5 Å². The number of rotatable bonds is 6. The Bertz CT molecular complexity index is 1290. The molecule has 4 aromatic rings. The van der Waals surface area contributed by atoms with Crippen molar-refractivity contribution < 1.29 is 9.53 Å². The van der Waals surface area contributed by atoms with Gasteiger partial charge in [-0.15, -0.1) is 0 Å². The fourth-order valence-corrected chi connectivity index (χ4v) is 3.88. The summed E-state index contributed by atoms with van der Waals surface area (Å²) in [6.07, 6.45) is 4.34. The zero-order chi connectivity index (χ0) is 22.1. The number of hydrogen-bond donors (Lipinski definition) is 2. The quantitative estimate of drug-likeness (QED) is 0.491. The van der Waals surface area contributed by atoms with Crippen molar-refractivity contribution in [2.45, 2.75) is 19.4 Å². The van der Waals surface area contributed by atoms with Crippen LogP contribution in [0.15, 0.2) is 60.9 Å². The molecular formula is C25H25N5O2. The molecule has 2 N–H and O–H groups in total. The highest BCUT2D eigenvalue weighted by Gasteiger charge is 2.21. The summed E-state index contributed by atoms with van der Waals surface area (Å²) in [4.78, 5) is 17.2. The molecule has 162 valence electrons. The van der Waals surface area contributed by atoms with E-state index in [4.69, 9.17) is 4.74 Å². The number of nitrogens with one attached hydrogen (secondary N) is 2. The fourth-order valence-electron chi connectivity index (χ4n) is 3.88. The molecule has 32 heavy (non-hydrogen) atoms. The number of aryl methyl sites for hydroxylation is 2. The monoisotopic (exact) mass is 427 g/mol. The van der Waals surface area contributed by atoms with E-state index in [1.807, 2.05) is 66.5 Å². The Morgan fingerprint density at radius 1 is 1.16 bits per heavy atom. The van der Waals surface area contributed by atoms with Crippen LogP contribution in [0.5, 0.6) is 11.5 Å². The Morgan fingerprint density at radius 2 is 2.00 bits per heavy atom. The summed E-state index contributed by atoms with van der Waals surface area (Å²) < 4.78 is 7.93. The second-order valence-electron chi connectivity index (χ2n) is 8.02. The third-order valence-electron chi connectivity index (χ3n) is 5.83. The predicted octanol–water partition coefficient (Wildman–Crippen LogP) is 3.69. The summed E-state index contributed by atoms with van der Waals surface area (Å²) in [5.41, 5.74) is 4.49. The number of fused-ring (bicyclic) bond motifs is 1. The molecule has 1 amide bonds. The summed E-state index contributed by atoms with van der Waals surface area (Å²) in [5, 5.41) is 11.6. The van der Waals surface area contributed by atoms with Crippen LogP contribution in [0.1, 0.15) is 22.8 Å². The molecule has 0 atom stereocenters. The SMILES string of the molecule is CCc1cc(-c2cc(Oc3ccc4cnn(C)c4c3)ccn2)ccc1C(=O)NC1CNC1. The van der Waals surface area contributed by atoms with E-state index < -0.39 is 0 Å². The maximum Gasteiger partial charge on any atom is 0.251 e. The highest BCUT2D eigenvalue weighted by atomic mass is 16.5. The first-order valence-electron chi connectivity index (χ1n) is 10.8. The van der Waals surface area contributed by atoms with Crippen LogP contribution >= 0.6 is 0 Å². The molecule has 2 aromatic carbocycles. The van der Waals surface area contributed by atoms with Crippen LogP contribution in [-0.4, -0.2) is 39.8 Å². The van der Waals surface area contributed by atoms with Crippen LogP contribution in [0.25, 0.3) is 22.2 Å². The van der Waals surface area contributed by atoms with Crippen molar-refractivity contribution >= 4 is 16.8 Å². The molecule has 1 aliphatic rings. The first-order chi connectivity index (χ1) is 15.6. The van der Waals surface area contributed by atoms with Crippen molar-refractivity contribution in [1.29, 1.82) is 0 Å². The zero-order valence-corrected chi connectivity index (χ0v) is 18.1. The van der Waals surface area contributed by atoms with Crippen molar-refractivity contribution in [3.8, 4) is 22.8 Å². The summed E-state index contributed by atoms with van der Waals surface area (Å²) in [6.45, 7) is 3.72. The Balaban J connectivity index is 1.39. The van der Waals surface area contributed by atoms with Crippen molar-refractivity contribution in [2.75, 3.05) is 13.1 Å². The van der Waals surface area contributed by atoms with Crippen LogP contribution in [0.4, 0.5) is 0 Å². The minimum absolute atomic E-state index is 0.0181. The lowest BCUT2D eigenvalue weighted by Gasteiger charge is -2.28. The van der Waals surface area contributed by atoms with E-state index in [0.717, 1.165) is 58.5 Å². The van der Waals surface area contributed by atoms with Gasteiger partial charge in [0, 0.05) is 55.0 Å². The Morgan fingerprint density at radius 3 is 2.78 bits per heavy atom. The molecule has 0 bridgehead atoms. The van der Waals surface area contributed by atoms with Crippen LogP contribution < -0.4 is 15.4 Å². The van der Waals surface area contributed by atoms with E-state index in [2.05, 4.69) is 27.6 Å². The lowest BCUT2D eigenvalue weighted by atomic mass is 9.99. The van der Waals surface area contributed by atoms with Crippen LogP contribution in [0.2, 0.25) is 0 Å². The number of carbonyl (C=O) groups is 1. The van der Waals surface area contributed by atoms with E-state index >= 15 is 0 Å². The third-order valence-corrected chi connectivity index (χ3v) is 5.83. The van der Waals surface area contributed by atoms with E-state index in [1.54, 1.807) is 6.20 Å². The molecule has 3 heterocycles. The largest absolute Gasteiger partial charge is 0.457 e. The molecule has 0 aliphatic carbocycles. The number of aromatic nitrogens is 3. The first kappa shape index (κ1) is 20.2. The third kappa shape index (κ3) is 3.94. The van der Waals surface area contributed by atoms with Gasteiger partial charge in [-0.1, -0.05) is 13.0 Å². The van der Waals surface area contributed by atoms with Gasteiger partial charge in [-0.3, -0.25) is 14.5 Å². The lowest BCUT2D eigenvalue weighted by Crippen LogP contribution is -2.57. The van der Waals surface area contributed by atoms with Gasteiger partial charge in [0.1, 0.15) is 11.5 Å². The highest BCUT2D eigenvalue weighted by molar-refractivity contribution is 5.96. The fraction of sp³-hybridized carbons (Fsp3) is 0.240. The van der Waals surface area contributed by atoms with Crippen molar-refractivity contribution in [1.82, 2.24) is 25.4 Å². The van der Waals surface area contributed by atoms with E-state index in [0.29, 0.717) is 5.75 Å². The minimum atomic E-state index is -0.0181. The summed E-state index contributed by atoms with van der Waals surface area (Å²) in [5.74, 6) is 1.43. The molecule has 1 aliphatic heterocycles. The van der Waals surface area contributed by atoms with Gasteiger partial charge in [-0.05, 0) is 42.3 Å². The molecule has 1 saturated heterocycles. The van der Waals surface area contributed by atoms with E-state index in [1.165, 1.54) is 0 Å². The van der Waals surface area contributed by atoms with Gasteiger partial charge in [-0.25, -0.2) is 0 Å². The summed E-state index contributed by atoms with van der Waals surface area (Å²) in [6, 6.07) is 15.8. The summed E-state index contributed by atoms with van der Waals surface area (Å²) in [7, 11) is 1.91. The Hall–Kier alpha value is -3.71. The first-order valence-corrected chi connectivity index (χ1v) is 10.8. The van der Waals surface area contributed by atoms with Crippen LogP contribution in [0.3, 0.4) is 0 Å². The van der Waals surface area contributed by atoms with E-state index in [-0.39, 0.29) is 11.9 Å². The highest BCUT2D eigenvalue weighted by Crippen LogP contribution is 2.29. The van der Waals surface area contributed by atoms with Crippen molar-refractivity contribution in [3.63, 3.8) is 0 Å². The number of amides is 1. The smallest absolute Gasteiger partial charge is 0.251 e. The lowest BCUT2D eigenvalue weighted by molar-refractivity contribution is 0.0923. The average Bonchev–Trinajstić information content (AvgIpc) is 3.16. The zero-order valence-electron chi connectivity index (χ0n) is 18.1. The second-order valence-corrected chi connectivity index (χ2v) is 8.02. The van der Waals surface area contributed by atoms with Gasteiger partial charge in [0.05, 0.1) is 23.4 Å². The number of nitrogens with zero attached hydrogens (tertiary/aromatic N) is 3. The molecule has 7 heteroatoms. The van der Waals surface area contributed by atoms with Gasteiger partial charge in [0.25, 0.3) is 5.91 Å². The molecule has 0 radical (unpaired) electrons. The predicted molar refractivity (Wildman–Crippen MR) is 124 cm³/mol. The van der Waals surface area contributed by atoms with Crippen LogP contribution in [0, 0.1) is 0 Å². The number of carbonyl (C=O) groups excluding carboxylic acids is 1. The second kappa shape index (κ2) is 8.43. The maximum absolute atomic E-state index is 12.6. The maximum atomic E-state index is 12.6. The molecule has 7 nitrogen and oxygen atoms in total. The van der Waals surface area contributed by atoms with Gasteiger partial charge >= 0.3 is 0 Å². The molecule has 1 fully saturated rings. The molecule has 0 saturated carbocycles. The summed E-state index contributed by atoms with van der Waals surface area (Å²) >= 11 is 0. The number of benzene rings is 2. The molecule has 0 unspecified atom stereocenters. The van der Waals surface area contributed by atoms with Gasteiger partial charge in [0.15, 0.2) is 0 Å². The van der Waals surface area contributed by atoms with E-state index in [9.17, 15) is 4.79 Å². The molecule has 5 rings (SSSR count). The Kier molecular flexibility index (Phi) is 5.33. The number of hydrogen-bond acceptors (Lipinski definition) is 5. The standard InChI is InChI=1S/C25H25N5O2/c1-3-16-10-17(5-7-22(16)25(31)29-19-14-26-15-19)23-11-21(8-9-27-23)32-20-6-4-18-13-28-30(2)24(18)12-20/h4-13,19,26H,3,14-15H2,1-2H3,(H,29,31). The van der Waals surface area contributed by atoms with Crippen molar-refractivity contribution in [3.05, 3.63) is 72.1 Å².